The van der Waals surface area contributed by atoms with Crippen LogP contribution >= 0.6 is 0 Å². The minimum Gasteiger partial charge on any atom is -0.390 e. The van der Waals surface area contributed by atoms with Crippen LogP contribution in [0.25, 0.3) is 0 Å². The highest BCUT2D eigenvalue weighted by Crippen LogP contribution is 2.26. The molecule has 0 saturated carbocycles. The van der Waals surface area contributed by atoms with Crippen LogP contribution in [-0.2, 0) is 9.84 Å². The fraction of sp³-hybridized carbons (Fsp3) is 1.00. The Hall–Kier alpha value is -0.170. The molecule has 0 aromatic heterocycles. The van der Waals surface area contributed by atoms with E-state index in [4.69, 9.17) is 0 Å². The molecule has 0 amide bonds. The first kappa shape index (κ1) is 12.8. The lowest BCUT2D eigenvalue weighted by atomic mass is 10.2. The fourth-order valence-corrected chi connectivity index (χ4v) is 5.47. The Labute approximate surface area is 109 Å². The third kappa shape index (κ3) is 2.43. The molecule has 3 atom stereocenters. The lowest BCUT2D eigenvalue weighted by Crippen LogP contribution is -2.44. The number of nitrogens with zero attached hydrogens (tertiary/aromatic N) is 2. The molecule has 0 spiro atoms. The Bertz CT molecular complexity index is 406. The quantitative estimate of drug-likeness (QED) is 0.722. The first-order chi connectivity index (χ1) is 8.55. The molecule has 3 unspecified atom stereocenters. The maximum absolute atomic E-state index is 11.5. The zero-order chi connectivity index (χ0) is 12.8. The minimum atomic E-state index is -3.02. The minimum absolute atomic E-state index is 0.0530. The van der Waals surface area contributed by atoms with Gasteiger partial charge in [0.15, 0.2) is 9.84 Å². The second kappa shape index (κ2) is 4.74. The summed E-state index contributed by atoms with van der Waals surface area (Å²) < 4.78 is 23.1. The molecule has 3 fully saturated rings. The van der Waals surface area contributed by atoms with Crippen LogP contribution in [0.1, 0.15) is 19.3 Å². The van der Waals surface area contributed by atoms with Gasteiger partial charge in [-0.3, -0.25) is 9.80 Å². The molecule has 0 aromatic carbocycles. The molecule has 0 radical (unpaired) electrons. The molecular weight excluding hydrogens is 252 g/mol. The number of hydrogen-bond donors (Lipinski definition) is 1. The second-order valence-corrected chi connectivity index (χ2v) is 8.05. The van der Waals surface area contributed by atoms with Gasteiger partial charge in [0.1, 0.15) is 0 Å². The van der Waals surface area contributed by atoms with Crippen molar-refractivity contribution in [3.8, 4) is 0 Å². The van der Waals surface area contributed by atoms with E-state index in [-0.39, 0.29) is 17.5 Å². The summed E-state index contributed by atoms with van der Waals surface area (Å²) in [6.07, 6.45) is 3.00. The van der Waals surface area contributed by atoms with Gasteiger partial charge in [0.25, 0.3) is 0 Å². The number of rotatable bonds is 2. The van der Waals surface area contributed by atoms with E-state index < -0.39 is 15.9 Å². The molecule has 104 valence electrons. The number of sulfone groups is 1. The Morgan fingerprint density at radius 1 is 1.00 bits per heavy atom. The van der Waals surface area contributed by atoms with E-state index in [1.807, 2.05) is 0 Å². The summed E-state index contributed by atoms with van der Waals surface area (Å²) in [5.41, 5.74) is 0. The maximum Gasteiger partial charge on any atom is 0.154 e. The average molecular weight is 274 g/mol. The molecule has 3 heterocycles. The van der Waals surface area contributed by atoms with Crippen molar-refractivity contribution >= 4 is 9.84 Å². The summed E-state index contributed by atoms with van der Waals surface area (Å²) in [5.74, 6) is 0.0867. The monoisotopic (exact) mass is 274 g/mol. The highest BCUT2D eigenvalue weighted by Gasteiger charge is 2.43. The number of aliphatic hydroxyl groups excluding tert-OH is 1. The van der Waals surface area contributed by atoms with Gasteiger partial charge in [-0.15, -0.1) is 0 Å². The highest BCUT2D eigenvalue weighted by molar-refractivity contribution is 7.91. The van der Waals surface area contributed by atoms with E-state index in [9.17, 15) is 13.5 Å². The summed E-state index contributed by atoms with van der Waals surface area (Å²) in [4.78, 5) is 4.72. The molecule has 0 aliphatic carbocycles. The van der Waals surface area contributed by atoms with Gasteiger partial charge in [-0.1, -0.05) is 0 Å². The van der Waals surface area contributed by atoms with Crippen LogP contribution in [0.3, 0.4) is 0 Å². The highest BCUT2D eigenvalue weighted by atomic mass is 32.2. The first-order valence-corrected chi connectivity index (χ1v) is 8.74. The summed E-state index contributed by atoms with van der Waals surface area (Å²) in [6, 6.07) is 0.408. The average Bonchev–Trinajstić information content (AvgIpc) is 2.97. The predicted molar refractivity (Wildman–Crippen MR) is 69.2 cm³/mol. The van der Waals surface area contributed by atoms with Crippen molar-refractivity contribution in [3.05, 3.63) is 0 Å². The Kier molecular flexibility index (Phi) is 3.38. The van der Waals surface area contributed by atoms with Gasteiger partial charge < -0.3 is 5.11 Å². The molecule has 0 aromatic rings. The normalized spacial score (nSPS) is 41.7. The van der Waals surface area contributed by atoms with Crippen molar-refractivity contribution < 1.29 is 13.5 Å². The lowest BCUT2D eigenvalue weighted by Gasteiger charge is -2.27. The molecule has 6 heteroatoms. The van der Waals surface area contributed by atoms with Crippen molar-refractivity contribution in [3.63, 3.8) is 0 Å². The van der Waals surface area contributed by atoms with Crippen LogP contribution in [0, 0.1) is 0 Å². The lowest BCUT2D eigenvalue weighted by molar-refractivity contribution is 0.0929. The van der Waals surface area contributed by atoms with Gasteiger partial charge in [0.2, 0.25) is 0 Å². The predicted octanol–water partition coefficient (Wildman–Crippen LogP) is -0.686. The molecule has 18 heavy (non-hydrogen) atoms. The van der Waals surface area contributed by atoms with Crippen molar-refractivity contribution in [2.24, 2.45) is 0 Å². The number of hydrogen-bond acceptors (Lipinski definition) is 5. The SMILES string of the molecule is O=S1(=O)CC(O)C(N2CCC(N3CCCC3)C2)C1. The van der Waals surface area contributed by atoms with E-state index in [1.54, 1.807) is 0 Å². The van der Waals surface area contributed by atoms with Crippen molar-refractivity contribution in [2.75, 3.05) is 37.7 Å². The molecule has 5 nitrogen and oxygen atoms in total. The summed E-state index contributed by atoms with van der Waals surface area (Å²) in [7, 11) is -3.02. The molecule has 0 bridgehead atoms. The third-order valence-corrected chi connectivity index (χ3v) is 6.31. The standard InChI is InChI=1S/C12H22N2O3S/c15-12-9-18(16,17)8-11(12)14-6-3-10(7-14)13-4-1-2-5-13/h10-12,15H,1-9H2. The summed E-state index contributed by atoms with van der Waals surface area (Å²) in [5, 5.41) is 9.90. The van der Waals surface area contributed by atoms with E-state index >= 15 is 0 Å². The second-order valence-electron chi connectivity index (χ2n) is 5.89. The number of aliphatic hydroxyl groups is 1. The number of likely N-dealkylation sites (tertiary alicyclic amines) is 2. The molecule has 3 aliphatic rings. The zero-order valence-corrected chi connectivity index (χ0v) is 11.5. The Morgan fingerprint density at radius 2 is 1.72 bits per heavy atom. The topological polar surface area (TPSA) is 60.9 Å². The fourth-order valence-electron chi connectivity index (χ4n) is 3.63. The molecule has 1 N–H and O–H groups in total. The van der Waals surface area contributed by atoms with Crippen LogP contribution in [0.5, 0.6) is 0 Å². The summed E-state index contributed by atoms with van der Waals surface area (Å²) in [6.45, 7) is 4.23. The zero-order valence-electron chi connectivity index (χ0n) is 10.7. The van der Waals surface area contributed by atoms with Crippen LogP contribution < -0.4 is 0 Å². The van der Waals surface area contributed by atoms with Crippen LogP contribution in [0.15, 0.2) is 0 Å². The Morgan fingerprint density at radius 3 is 2.33 bits per heavy atom. The molecule has 3 saturated heterocycles. The first-order valence-electron chi connectivity index (χ1n) is 6.92. The smallest absolute Gasteiger partial charge is 0.154 e. The van der Waals surface area contributed by atoms with Gasteiger partial charge in [-0.2, -0.15) is 0 Å². The van der Waals surface area contributed by atoms with E-state index in [2.05, 4.69) is 9.80 Å². The van der Waals surface area contributed by atoms with Gasteiger partial charge in [0.05, 0.1) is 23.7 Å². The van der Waals surface area contributed by atoms with E-state index in [0.717, 1.165) is 19.5 Å². The van der Waals surface area contributed by atoms with Crippen LogP contribution in [-0.4, -0.2) is 79.2 Å². The van der Waals surface area contributed by atoms with E-state index in [1.165, 1.54) is 25.9 Å². The van der Waals surface area contributed by atoms with Crippen molar-refractivity contribution in [2.45, 2.75) is 37.5 Å². The van der Waals surface area contributed by atoms with E-state index in [0.29, 0.717) is 6.04 Å². The van der Waals surface area contributed by atoms with Gasteiger partial charge in [0, 0.05) is 19.1 Å². The van der Waals surface area contributed by atoms with Crippen LogP contribution in [0.2, 0.25) is 0 Å². The third-order valence-electron chi connectivity index (χ3n) is 4.61. The largest absolute Gasteiger partial charge is 0.390 e. The van der Waals surface area contributed by atoms with Crippen molar-refractivity contribution in [1.82, 2.24) is 9.80 Å². The summed E-state index contributed by atoms with van der Waals surface area (Å²) >= 11 is 0. The molecular formula is C12H22N2O3S. The van der Waals surface area contributed by atoms with Gasteiger partial charge in [-0.05, 0) is 32.4 Å². The van der Waals surface area contributed by atoms with Gasteiger partial charge in [-0.25, -0.2) is 8.42 Å². The maximum atomic E-state index is 11.5. The Balaban J connectivity index is 1.62. The van der Waals surface area contributed by atoms with Crippen molar-refractivity contribution in [1.29, 1.82) is 0 Å². The molecule has 3 rings (SSSR count). The van der Waals surface area contributed by atoms with Crippen LogP contribution in [0.4, 0.5) is 0 Å². The van der Waals surface area contributed by atoms with Gasteiger partial charge >= 0.3 is 0 Å². The molecule has 3 aliphatic heterocycles.